The van der Waals surface area contributed by atoms with E-state index in [1.807, 2.05) is 25.1 Å². The number of hydrogen-bond acceptors (Lipinski definition) is 3. The van der Waals surface area contributed by atoms with E-state index >= 15 is 0 Å². The van der Waals surface area contributed by atoms with Crippen LogP contribution in [0, 0.1) is 6.92 Å². The smallest absolute Gasteiger partial charge is 0.353 e. The first-order valence-corrected chi connectivity index (χ1v) is 6.91. The SMILES string of the molecule is Cc1nc2cc(-c3cc(C(=O)O)[nH]n3)ccc2n1C1CC1. The first-order valence-electron chi connectivity index (χ1n) is 6.91. The molecule has 1 aliphatic rings. The van der Waals surface area contributed by atoms with Crippen molar-refractivity contribution >= 4 is 17.0 Å². The second-order valence-corrected chi connectivity index (χ2v) is 5.44. The van der Waals surface area contributed by atoms with Crippen molar-refractivity contribution in [3.63, 3.8) is 0 Å². The summed E-state index contributed by atoms with van der Waals surface area (Å²) in [5, 5.41) is 15.5. The van der Waals surface area contributed by atoms with Gasteiger partial charge in [0.1, 0.15) is 11.5 Å². The Morgan fingerprint density at radius 3 is 2.86 bits per heavy atom. The van der Waals surface area contributed by atoms with Gasteiger partial charge in [0, 0.05) is 11.6 Å². The van der Waals surface area contributed by atoms with Crippen LogP contribution in [0.3, 0.4) is 0 Å². The number of fused-ring (bicyclic) bond motifs is 1. The van der Waals surface area contributed by atoms with Gasteiger partial charge in [-0.15, -0.1) is 0 Å². The Bertz CT molecular complexity index is 858. The number of carbonyl (C=O) groups is 1. The van der Waals surface area contributed by atoms with Crippen LogP contribution in [-0.2, 0) is 0 Å². The number of hydrogen-bond donors (Lipinski definition) is 2. The maximum atomic E-state index is 10.9. The number of H-pyrrole nitrogens is 1. The van der Waals surface area contributed by atoms with Crippen LogP contribution in [0.2, 0.25) is 0 Å². The fourth-order valence-electron chi connectivity index (χ4n) is 2.75. The summed E-state index contributed by atoms with van der Waals surface area (Å²) in [6, 6.07) is 8.09. The molecular formula is C15H14N4O2. The number of carboxylic acids is 1. The van der Waals surface area contributed by atoms with Crippen molar-refractivity contribution in [2.75, 3.05) is 0 Å². The van der Waals surface area contributed by atoms with E-state index in [4.69, 9.17) is 5.11 Å². The highest BCUT2D eigenvalue weighted by Gasteiger charge is 2.27. The van der Waals surface area contributed by atoms with E-state index in [0.717, 1.165) is 22.4 Å². The summed E-state index contributed by atoms with van der Waals surface area (Å²) in [4.78, 5) is 15.5. The molecule has 1 aliphatic carbocycles. The summed E-state index contributed by atoms with van der Waals surface area (Å²) in [7, 11) is 0. The van der Waals surface area contributed by atoms with E-state index in [-0.39, 0.29) is 5.69 Å². The van der Waals surface area contributed by atoms with Crippen molar-refractivity contribution < 1.29 is 9.90 Å². The van der Waals surface area contributed by atoms with Gasteiger partial charge in [0.15, 0.2) is 0 Å². The number of nitrogens with one attached hydrogen (secondary N) is 1. The third kappa shape index (κ3) is 1.91. The molecule has 1 aromatic carbocycles. The molecule has 2 aromatic heterocycles. The highest BCUT2D eigenvalue weighted by atomic mass is 16.4. The van der Waals surface area contributed by atoms with Crippen molar-refractivity contribution in [3.8, 4) is 11.3 Å². The summed E-state index contributed by atoms with van der Waals surface area (Å²) in [6.07, 6.45) is 2.44. The normalized spacial score (nSPS) is 14.7. The Balaban J connectivity index is 1.81. The number of rotatable bonds is 3. The zero-order chi connectivity index (χ0) is 14.6. The van der Waals surface area contributed by atoms with Crippen LogP contribution < -0.4 is 0 Å². The number of aryl methyl sites for hydroxylation is 1. The molecule has 2 heterocycles. The molecular weight excluding hydrogens is 268 g/mol. The predicted molar refractivity (Wildman–Crippen MR) is 77.3 cm³/mol. The number of aromatic amines is 1. The van der Waals surface area contributed by atoms with Crippen LogP contribution in [0.5, 0.6) is 0 Å². The van der Waals surface area contributed by atoms with E-state index in [9.17, 15) is 4.79 Å². The van der Waals surface area contributed by atoms with Gasteiger partial charge in [0.05, 0.1) is 16.7 Å². The lowest BCUT2D eigenvalue weighted by molar-refractivity contribution is 0.0690. The number of aromatic nitrogens is 4. The number of carboxylic acid groups (broad SMARTS) is 1. The predicted octanol–water partition coefficient (Wildman–Crippen LogP) is 2.77. The molecule has 0 bridgehead atoms. The van der Waals surface area contributed by atoms with Crippen LogP contribution >= 0.6 is 0 Å². The minimum Gasteiger partial charge on any atom is -0.477 e. The van der Waals surface area contributed by atoms with Crippen molar-refractivity contribution in [1.29, 1.82) is 0 Å². The molecule has 1 saturated carbocycles. The van der Waals surface area contributed by atoms with Gasteiger partial charge in [-0.2, -0.15) is 5.10 Å². The van der Waals surface area contributed by atoms with E-state index in [1.165, 1.54) is 18.9 Å². The van der Waals surface area contributed by atoms with E-state index in [1.54, 1.807) is 0 Å². The van der Waals surface area contributed by atoms with E-state index in [0.29, 0.717) is 11.7 Å². The molecule has 0 unspecified atom stereocenters. The molecule has 0 aliphatic heterocycles. The Morgan fingerprint density at radius 2 is 2.19 bits per heavy atom. The van der Waals surface area contributed by atoms with Crippen molar-refractivity contribution in [3.05, 3.63) is 35.8 Å². The fourth-order valence-corrected chi connectivity index (χ4v) is 2.75. The minimum absolute atomic E-state index is 0.0878. The summed E-state index contributed by atoms with van der Waals surface area (Å²) >= 11 is 0. The molecule has 0 amide bonds. The maximum absolute atomic E-state index is 10.9. The van der Waals surface area contributed by atoms with Crippen LogP contribution in [0.25, 0.3) is 22.3 Å². The van der Waals surface area contributed by atoms with Gasteiger partial charge in [-0.1, -0.05) is 6.07 Å². The third-order valence-electron chi connectivity index (χ3n) is 3.88. The molecule has 3 aromatic rings. The molecule has 4 rings (SSSR count). The average molecular weight is 282 g/mol. The van der Waals surface area contributed by atoms with Crippen LogP contribution in [0.15, 0.2) is 24.3 Å². The topological polar surface area (TPSA) is 83.8 Å². The Morgan fingerprint density at radius 1 is 1.38 bits per heavy atom. The van der Waals surface area contributed by atoms with Gasteiger partial charge in [0.25, 0.3) is 0 Å². The van der Waals surface area contributed by atoms with Crippen LogP contribution in [0.4, 0.5) is 0 Å². The zero-order valence-corrected chi connectivity index (χ0v) is 11.5. The lowest BCUT2D eigenvalue weighted by Crippen LogP contribution is -1.95. The monoisotopic (exact) mass is 282 g/mol. The van der Waals surface area contributed by atoms with Gasteiger partial charge < -0.3 is 9.67 Å². The van der Waals surface area contributed by atoms with Gasteiger partial charge in [-0.25, -0.2) is 9.78 Å². The second kappa shape index (κ2) is 4.18. The number of nitrogens with zero attached hydrogens (tertiary/aromatic N) is 3. The first-order chi connectivity index (χ1) is 10.1. The van der Waals surface area contributed by atoms with Crippen LogP contribution in [0.1, 0.15) is 35.2 Å². The number of benzene rings is 1. The van der Waals surface area contributed by atoms with Gasteiger partial charge >= 0.3 is 5.97 Å². The Labute approximate surface area is 120 Å². The molecule has 6 heteroatoms. The van der Waals surface area contributed by atoms with Crippen LogP contribution in [-0.4, -0.2) is 30.8 Å². The molecule has 106 valence electrons. The summed E-state index contributed by atoms with van der Waals surface area (Å²) in [5.74, 6) is 0.0154. The standard InChI is InChI=1S/C15H14N4O2/c1-8-16-12-6-9(11-7-13(15(20)21)18-17-11)2-5-14(12)19(8)10-3-4-10/h2,5-7,10H,3-4H2,1H3,(H,17,18)(H,20,21). The lowest BCUT2D eigenvalue weighted by atomic mass is 10.1. The molecule has 0 saturated heterocycles. The zero-order valence-electron chi connectivity index (χ0n) is 11.5. The summed E-state index contributed by atoms with van der Waals surface area (Å²) in [5.41, 5.74) is 3.63. The average Bonchev–Trinajstić information content (AvgIpc) is 3.05. The highest BCUT2D eigenvalue weighted by molar-refractivity contribution is 5.88. The van der Waals surface area contributed by atoms with Crippen molar-refractivity contribution in [1.82, 2.24) is 19.7 Å². The lowest BCUT2D eigenvalue weighted by Gasteiger charge is -2.03. The number of aromatic carboxylic acids is 1. The van der Waals surface area contributed by atoms with Gasteiger partial charge in [-0.3, -0.25) is 5.10 Å². The maximum Gasteiger partial charge on any atom is 0.353 e. The van der Waals surface area contributed by atoms with Gasteiger partial charge in [0.2, 0.25) is 0 Å². The highest BCUT2D eigenvalue weighted by Crippen LogP contribution is 2.39. The largest absolute Gasteiger partial charge is 0.477 e. The molecule has 6 nitrogen and oxygen atoms in total. The fraction of sp³-hybridized carbons (Fsp3) is 0.267. The molecule has 0 radical (unpaired) electrons. The van der Waals surface area contributed by atoms with E-state index in [2.05, 4.69) is 19.7 Å². The minimum atomic E-state index is -1.01. The Kier molecular flexibility index (Phi) is 2.42. The first kappa shape index (κ1) is 12.1. The molecule has 2 N–H and O–H groups in total. The Hall–Kier alpha value is -2.63. The van der Waals surface area contributed by atoms with Gasteiger partial charge in [-0.05, 0) is 38.0 Å². The molecule has 0 atom stereocenters. The molecule has 1 fully saturated rings. The molecule has 0 spiro atoms. The summed E-state index contributed by atoms with van der Waals surface area (Å²) < 4.78 is 2.28. The second-order valence-electron chi connectivity index (χ2n) is 5.44. The molecule has 21 heavy (non-hydrogen) atoms. The third-order valence-corrected chi connectivity index (χ3v) is 3.88. The number of imidazole rings is 1. The summed E-state index contributed by atoms with van der Waals surface area (Å²) in [6.45, 7) is 2.02. The quantitative estimate of drug-likeness (QED) is 0.773. The van der Waals surface area contributed by atoms with Crippen molar-refractivity contribution in [2.45, 2.75) is 25.8 Å². The van der Waals surface area contributed by atoms with Crippen molar-refractivity contribution in [2.24, 2.45) is 0 Å². The van der Waals surface area contributed by atoms with E-state index < -0.39 is 5.97 Å².